The van der Waals surface area contributed by atoms with E-state index in [1.54, 1.807) is 0 Å². The zero-order chi connectivity index (χ0) is 9.26. The molecule has 2 N–H and O–H groups in total. The number of rotatable bonds is 1. The van der Waals surface area contributed by atoms with Crippen molar-refractivity contribution in [3.8, 4) is 0 Å². The van der Waals surface area contributed by atoms with Gasteiger partial charge in [0.1, 0.15) is 0 Å². The second-order valence-electron chi connectivity index (χ2n) is 3.83. The van der Waals surface area contributed by atoms with Crippen LogP contribution in [0.25, 0.3) is 6.08 Å². The molecular formula is C12H15N. The van der Waals surface area contributed by atoms with Gasteiger partial charge in [-0.1, -0.05) is 35.9 Å². The lowest BCUT2D eigenvalue weighted by Crippen LogP contribution is -2.29. The Morgan fingerprint density at radius 3 is 2.62 bits per heavy atom. The number of benzene rings is 1. The van der Waals surface area contributed by atoms with Crippen LogP contribution in [0.15, 0.2) is 29.8 Å². The van der Waals surface area contributed by atoms with Crippen LogP contribution in [0.1, 0.15) is 24.0 Å². The molecule has 1 aliphatic carbocycles. The molecule has 0 atom stereocenters. The molecule has 1 saturated carbocycles. The molecular weight excluding hydrogens is 158 g/mol. The van der Waals surface area contributed by atoms with Gasteiger partial charge in [0.25, 0.3) is 0 Å². The highest BCUT2D eigenvalue weighted by molar-refractivity contribution is 5.57. The van der Waals surface area contributed by atoms with E-state index < -0.39 is 0 Å². The van der Waals surface area contributed by atoms with Crippen molar-refractivity contribution in [2.24, 2.45) is 5.73 Å². The zero-order valence-electron chi connectivity index (χ0n) is 7.96. The Morgan fingerprint density at radius 1 is 1.31 bits per heavy atom. The van der Waals surface area contributed by atoms with Crippen molar-refractivity contribution in [3.05, 3.63) is 41.0 Å². The highest BCUT2D eigenvalue weighted by atomic mass is 14.7. The third kappa shape index (κ3) is 1.81. The quantitative estimate of drug-likeness (QED) is 0.693. The first-order valence-corrected chi connectivity index (χ1v) is 4.76. The fourth-order valence-electron chi connectivity index (χ4n) is 1.70. The summed E-state index contributed by atoms with van der Waals surface area (Å²) in [5.74, 6) is 0. The van der Waals surface area contributed by atoms with E-state index in [4.69, 9.17) is 5.73 Å². The molecule has 0 saturated heterocycles. The third-order valence-electron chi connectivity index (χ3n) is 2.60. The number of aryl methyl sites for hydroxylation is 1. The van der Waals surface area contributed by atoms with E-state index in [1.165, 1.54) is 16.7 Å². The van der Waals surface area contributed by atoms with Crippen LogP contribution in [-0.2, 0) is 0 Å². The second-order valence-corrected chi connectivity index (χ2v) is 3.83. The first kappa shape index (κ1) is 8.52. The minimum absolute atomic E-state index is 0.412. The van der Waals surface area contributed by atoms with Gasteiger partial charge in [-0.3, -0.25) is 0 Å². The van der Waals surface area contributed by atoms with E-state index in [0.717, 1.165) is 12.8 Å². The van der Waals surface area contributed by atoms with E-state index in [0.29, 0.717) is 6.04 Å². The van der Waals surface area contributed by atoms with E-state index in [1.807, 2.05) is 0 Å². The summed E-state index contributed by atoms with van der Waals surface area (Å²) < 4.78 is 0. The van der Waals surface area contributed by atoms with Crippen LogP contribution < -0.4 is 5.73 Å². The Kier molecular flexibility index (Phi) is 2.19. The first-order chi connectivity index (χ1) is 6.25. The van der Waals surface area contributed by atoms with Gasteiger partial charge in [-0.05, 0) is 30.9 Å². The summed E-state index contributed by atoms with van der Waals surface area (Å²) in [7, 11) is 0. The summed E-state index contributed by atoms with van der Waals surface area (Å²) in [6, 6.07) is 8.87. The molecule has 1 nitrogen and oxygen atoms in total. The maximum absolute atomic E-state index is 5.72. The molecule has 2 rings (SSSR count). The minimum Gasteiger partial charge on any atom is -0.327 e. The molecule has 1 aliphatic rings. The normalized spacial score (nSPS) is 21.1. The van der Waals surface area contributed by atoms with Gasteiger partial charge in [-0.25, -0.2) is 0 Å². The van der Waals surface area contributed by atoms with Gasteiger partial charge in [-0.15, -0.1) is 0 Å². The average Bonchev–Trinajstić information content (AvgIpc) is 2.06. The van der Waals surface area contributed by atoms with Gasteiger partial charge in [0.2, 0.25) is 0 Å². The molecule has 0 unspecified atom stereocenters. The van der Waals surface area contributed by atoms with Gasteiger partial charge in [0, 0.05) is 6.04 Å². The van der Waals surface area contributed by atoms with Gasteiger partial charge in [0.15, 0.2) is 0 Å². The number of hydrogen-bond acceptors (Lipinski definition) is 1. The minimum atomic E-state index is 0.412. The van der Waals surface area contributed by atoms with Crippen LogP contribution in [0.3, 0.4) is 0 Å². The van der Waals surface area contributed by atoms with Crippen LogP contribution in [0.4, 0.5) is 0 Å². The summed E-state index contributed by atoms with van der Waals surface area (Å²) in [5.41, 5.74) is 9.89. The summed E-state index contributed by atoms with van der Waals surface area (Å²) >= 11 is 0. The van der Waals surface area contributed by atoms with Crippen molar-refractivity contribution < 1.29 is 0 Å². The molecule has 0 spiro atoms. The molecule has 0 bridgehead atoms. The van der Waals surface area contributed by atoms with Gasteiger partial charge in [0.05, 0.1) is 0 Å². The van der Waals surface area contributed by atoms with Crippen LogP contribution in [0, 0.1) is 6.92 Å². The van der Waals surface area contributed by atoms with Crippen LogP contribution >= 0.6 is 0 Å². The van der Waals surface area contributed by atoms with E-state index in [2.05, 4.69) is 37.3 Å². The van der Waals surface area contributed by atoms with Gasteiger partial charge < -0.3 is 5.73 Å². The lowest BCUT2D eigenvalue weighted by Gasteiger charge is -2.25. The monoisotopic (exact) mass is 173 g/mol. The van der Waals surface area contributed by atoms with E-state index in [-0.39, 0.29) is 0 Å². The molecule has 1 aromatic rings. The van der Waals surface area contributed by atoms with Crippen molar-refractivity contribution in [3.63, 3.8) is 0 Å². The zero-order valence-corrected chi connectivity index (χ0v) is 7.96. The molecule has 0 heterocycles. The molecule has 1 heteroatoms. The number of hydrogen-bond donors (Lipinski definition) is 1. The average molecular weight is 173 g/mol. The Bertz CT molecular complexity index is 331. The predicted octanol–water partition coefficient (Wildman–Crippen LogP) is 2.50. The summed E-state index contributed by atoms with van der Waals surface area (Å²) in [6.45, 7) is 2.14. The fourth-order valence-corrected chi connectivity index (χ4v) is 1.70. The second kappa shape index (κ2) is 3.35. The fraction of sp³-hybridized carbons (Fsp3) is 0.333. The van der Waals surface area contributed by atoms with Crippen molar-refractivity contribution in [2.75, 3.05) is 0 Å². The van der Waals surface area contributed by atoms with Crippen molar-refractivity contribution >= 4 is 6.08 Å². The maximum atomic E-state index is 5.72. The summed E-state index contributed by atoms with van der Waals surface area (Å²) in [4.78, 5) is 0. The number of nitrogens with two attached hydrogens (primary N) is 1. The molecule has 0 aromatic heterocycles. The molecule has 13 heavy (non-hydrogen) atoms. The highest BCUT2D eigenvalue weighted by Gasteiger charge is 2.18. The van der Waals surface area contributed by atoms with Crippen molar-refractivity contribution in [2.45, 2.75) is 25.8 Å². The standard InChI is InChI=1S/C12H15N/c1-9-4-2-3-5-11(9)6-10-7-12(13)8-10/h2-6,12H,7-8,13H2,1H3. The Balaban J connectivity index is 2.18. The van der Waals surface area contributed by atoms with Gasteiger partial charge >= 0.3 is 0 Å². The third-order valence-corrected chi connectivity index (χ3v) is 2.60. The Morgan fingerprint density at radius 2 is 2.00 bits per heavy atom. The molecule has 68 valence electrons. The Hall–Kier alpha value is -1.08. The maximum Gasteiger partial charge on any atom is 0.0114 e. The van der Waals surface area contributed by atoms with E-state index in [9.17, 15) is 0 Å². The summed E-state index contributed by atoms with van der Waals surface area (Å²) in [5, 5.41) is 0. The van der Waals surface area contributed by atoms with Gasteiger partial charge in [-0.2, -0.15) is 0 Å². The SMILES string of the molecule is Cc1ccccc1C=C1CC(N)C1. The van der Waals surface area contributed by atoms with Crippen LogP contribution in [0.2, 0.25) is 0 Å². The summed E-state index contributed by atoms with van der Waals surface area (Å²) in [6.07, 6.45) is 4.43. The Labute approximate surface area is 79.3 Å². The smallest absolute Gasteiger partial charge is 0.0114 e. The highest BCUT2D eigenvalue weighted by Crippen LogP contribution is 2.27. The lowest BCUT2D eigenvalue weighted by atomic mass is 9.85. The van der Waals surface area contributed by atoms with Crippen LogP contribution in [0.5, 0.6) is 0 Å². The first-order valence-electron chi connectivity index (χ1n) is 4.76. The van der Waals surface area contributed by atoms with Crippen molar-refractivity contribution in [1.29, 1.82) is 0 Å². The lowest BCUT2D eigenvalue weighted by molar-refractivity contribution is 0.547. The van der Waals surface area contributed by atoms with E-state index >= 15 is 0 Å². The molecule has 0 aliphatic heterocycles. The molecule has 0 amide bonds. The topological polar surface area (TPSA) is 26.0 Å². The predicted molar refractivity (Wildman–Crippen MR) is 56.4 cm³/mol. The van der Waals surface area contributed by atoms with Crippen molar-refractivity contribution in [1.82, 2.24) is 0 Å². The van der Waals surface area contributed by atoms with Crippen LogP contribution in [-0.4, -0.2) is 6.04 Å². The molecule has 1 aromatic carbocycles. The molecule has 0 radical (unpaired) electrons. The molecule has 1 fully saturated rings. The largest absolute Gasteiger partial charge is 0.327 e.